The first-order valence-electron chi connectivity index (χ1n) is 13.9. The number of nitrogens with one attached hydrogen (secondary N) is 1. The van der Waals surface area contributed by atoms with Gasteiger partial charge in [0.25, 0.3) is 5.91 Å². The van der Waals surface area contributed by atoms with Crippen LogP contribution < -0.4 is 16.9 Å². The number of aryl methyl sites for hydroxylation is 1. The van der Waals surface area contributed by atoms with Gasteiger partial charge in [-0.15, -0.1) is 0 Å². The van der Waals surface area contributed by atoms with Crippen molar-refractivity contribution < 1.29 is 18.0 Å². The van der Waals surface area contributed by atoms with Crippen molar-refractivity contribution in [1.82, 2.24) is 24.6 Å². The number of hydrogen-bond acceptors (Lipinski definition) is 7. The van der Waals surface area contributed by atoms with Gasteiger partial charge in [0.2, 0.25) is 0 Å². The van der Waals surface area contributed by atoms with Crippen molar-refractivity contribution in [3.8, 4) is 0 Å². The first kappa shape index (κ1) is 35.3. The molecule has 0 unspecified atom stereocenters. The number of allylic oxidation sites excluding steroid dienone is 3. The normalized spacial score (nSPS) is 13.3. The minimum Gasteiger partial charge on any atom is -0.397 e. The van der Waals surface area contributed by atoms with E-state index in [1.165, 1.54) is 23.4 Å². The monoisotopic (exact) mass is 602 g/mol. The number of hydrazine groups is 1. The Morgan fingerprint density at radius 3 is 2.37 bits per heavy atom. The lowest BCUT2D eigenvalue weighted by molar-refractivity contribution is -0.137. The molecular weight excluding hydrogens is 557 g/mol. The van der Waals surface area contributed by atoms with Gasteiger partial charge in [-0.25, -0.2) is 5.84 Å². The smallest absolute Gasteiger partial charge is 0.397 e. The van der Waals surface area contributed by atoms with E-state index in [-0.39, 0.29) is 17.2 Å². The van der Waals surface area contributed by atoms with Gasteiger partial charge in [0, 0.05) is 61.1 Å². The van der Waals surface area contributed by atoms with Crippen molar-refractivity contribution in [2.75, 3.05) is 46.1 Å². The van der Waals surface area contributed by atoms with E-state index in [2.05, 4.69) is 21.9 Å². The van der Waals surface area contributed by atoms with Gasteiger partial charge in [-0.05, 0) is 76.3 Å². The van der Waals surface area contributed by atoms with Crippen molar-refractivity contribution in [2.24, 2.45) is 24.5 Å². The van der Waals surface area contributed by atoms with Crippen LogP contribution in [0.4, 0.5) is 18.9 Å². The highest BCUT2D eigenvalue weighted by Gasteiger charge is 2.31. The number of carbonyl (C=O) groups is 1. The molecule has 0 saturated heterocycles. The molecule has 0 radical (unpaired) electrons. The topological polar surface area (TPSA) is 109 Å². The molecule has 43 heavy (non-hydrogen) atoms. The summed E-state index contributed by atoms with van der Waals surface area (Å²) in [4.78, 5) is 17.5. The Hall–Kier alpha value is -3.87. The predicted octanol–water partition coefficient (Wildman–Crippen LogP) is 4.51. The van der Waals surface area contributed by atoms with Crippen molar-refractivity contribution >= 4 is 17.3 Å². The molecule has 0 saturated carbocycles. The fourth-order valence-electron chi connectivity index (χ4n) is 4.17. The van der Waals surface area contributed by atoms with Crippen LogP contribution in [0.25, 0.3) is 5.70 Å². The Labute approximate surface area is 253 Å². The minimum atomic E-state index is -4.57. The second-order valence-corrected chi connectivity index (χ2v) is 11.1. The summed E-state index contributed by atoms with van der Waals surface area (Å²) in [6.45, 7) is 11.5. The Morgan fingerprint density at radius 2 is 1.84 bits per heavy atom. The first-order valence-corrected chi connectivity index (χ1v) is 13.9. The lowest BCUT2D eigenvalue weighted by Gasteiger charge is -2.23. The number of benzene rings is 1. The highest BCUT2D eigenvalue weighted by Crippen LogP contribution is 2.32. The highest BCUT2D eigenvalue weighted by molar-refractivity contribution is 6.06. The van der Waals surface area contributed by atoms with Crippen LogP contribution in [0.2, 0.25) is 0 Å². The van der Waals surface area contributed by atoms with E-state index in [0.29, 0.717) is 35.5 Å². The standard InChI is InChI=1S/C31H45F3N8O/c1-9-10-24(17-29(21(2)3)42(36)20-28(35)27-19-37-41(8)22(27)4)30(43)38-26-16-23(15-25(18-26)31(32,33)34)11-12-40(7)14-13-39(5)6/h9-10,15-21H,1,11-14,35-36H2,2-8H3,(H,38,43)/b24-10+,28-20-,29-17+. The Kier molecular flexibility index (Phi) is 12.8. The molecule has 0 aliphatic rings. The zero-order valence-electron chi connectivity index (χ0n) is 26.2. The third-order valence-electron chi connectivity index (χ3n) is 6.87. The van der Waals surface area contributed by atoms with Crippen molar-refractivity contribution in [3.05, 3.63) is 89.1 Å². The lowest BCUT2D eigenvalue weighted by atomic mass is 10.0. The first-order chi connectivity index (χ1) is 20.0. The molecule has 1 aromatic heterocycles. The maximum absolute atomic E-state index is 13.8. The fourth-order valence-corrected chi connectivity index (χ4v) is 4.17. The van der Waals surface area contributed by atoms with Gasteiger partial charge >= 0.3 is 6.18 Å². The van der Waals surface area contributed by atoms with Gasteiger partial charge in [0.05, 0.1) is 17.5 Å². The van der Waals surface area contributed by atoms with Crippen LogP contribution in [0.5, 0.6) is 0 Å². The molecule has 12 heteroatoms. The predicted molar refractivity (Wildman–Crippen MR) is 167 cm³/mol. The Bertz CT molecular complexity index is 1360. The SMILES string of the molecule is C=C/C=C(\C=C(/C(C)C)N(N)/C=C(\N)c1cnn(C)c1C)C(=O)Nc1cc(CCN(C)CCN(C)C)cc(C(F)(F)F)c1. The second kappa shape index (κ2) is 15.6. The zero-order valence-corrected chi connectivity index (χ0v) is 26.2. The highest BCUT2D eigenvalue weighted by atomic mass is 19.4. The van der Waals surface area contributed by atoms with Crippen LogP contribution in [-0.2, 0) is 24.4 Å². The zero-order chi connectivity index (χ0) is 32.5. The third-order valence-corrected chi connectivity index (χ3v) is 6.87. The molecule has 1 aromatic carbocycles. The summed E-state index contributed by atoms with van der Waals surface area (Å²) in [5, 5.41) is 8.16. The van der Waals surface area contributed by atoms with E-state index < -0.39 is 17.6 Å². The number of nitrogens with two attached hydrogens (primary N) is 2. The van der Waals surface area contributed by atoms with Crippen molar-refractivity contribution in [2.45, 2.75) is 33.4 Å². The van der Waals surface area contributed by atoms with Gasteiger partial charge < -0.3 is 20.9 Å². The summed E-state index contributed by atoms with van der Waals surface area (Å²) in [6.07, 6.45) is 3.44. The van der Waals surface area contributed by atoms with E-state index in [4.69, 9.17) is 11.6 Å². The summed E-state index contributed by atoms with van der Waals surface area (Å²) >= 11 is 0. The molecule has 0 atom stereocenters. The molecule has 0 aliphatic carbocycles. The number of hydrogen-bond donors (Lipinski definition) is 3. The fraction of sp³-hybridized carbons (Fsp3) is 0.419. The Morgan fingerprint density at radius 1 is 1.16 bits per heavy atom. The maximum atomic E-state index is 13.8. The molecule has 5 N–H and O–H groups in total. The summed E-state index contributed by atoms with van der Waals surface area (Å²) in [6, 6.07) is 3.63. The maximum Gasteiger partial charge on any atom is 0.416 e. The number of nitrogens with zero attached hydrogens (tertiary/aromatic N) is 5. The van der Waals surface area contributed by atoms with E-state index in [9.17, 15) is 18.0 Å². The molecule has 236 valence electrons. The number of carbonyl (C=O) groups excluding carboxylic acids is 1. The molecule has 1 amide bonds. The molecule has 0 fully saturated rings. The molecule has 1 heterocycles. The molecule has 9 nitrogen and oxygen atoms in total. The van der Waals surface area contributed by atoms with Crippen LogP contribution in [0.3, 0.4) is 0 Å². The third kappa shape index (κ3) is 10.7. The summed E-state index contributed by atoms with van der Waals surface area (Å²) in [7, 11) is 7.65. The molecule has 0 aliphatic heterocycles. The minimum absolute atomic E-state index is 0.0426. The summed E-state index contributed by atoms with van der Waals surface area (Å²) < 4.78 is 43.0. The largest absolute Gasteiger partial charge is 0.416 e. The van der Waals surface area contributed by atoms with Crippen LogP contribution in [0.1, 0.15) is 36.2 Å². The number of likely N-dealkylation sites (N-methyl/N-ethyl adjacent to an activating group) is 2. The second-order valence-electron chi connectivity index (χ2n) is 11.1. The molecule has 2 aromatic rings. The number of rotatable bonds is 14. The van der Waals surface area contributed by atoms with Crippen molar-refractivity contribution in [1.29, 1.82) is 0 Å². The Balaban J connectivity index is 2.36. The van der Waals surface area contributed by atoms with Gasteiger partial charge in [-0.2, -0.15) is 18.3 Å². The number of anilines is 1. The van der Waals surface area contributed by atoms with Crippen LogP contribution >= 0.6 is 0 Å². The summed E-state index contributed by atoms with van der Waals surface area (Å²) in [5.74, 6) is 5.60. The number of amides is 1. The van der Waals surface area contributed by atoms with Crippen LogP contribution in [0.15, 0.2) is 66.7 Å². The molecule has 2 rings (SSSR count). The number of aromatic nitrogens is 2. The summed E-state index contributed by atoms with van der Waals surface area (Å²) in [5.41, 5.74) is 8.60. The van der Waals surface area contributed by atoms with Gasteiger partial charge in [0.1, 0.15) is 0 Å². The van der Waals surface area contributed by atoms with Gasteiger partial charge in [0.15, 0.2) is 0 Å². The van der Waals surface area contributed by atoms with E-state index in [1.54, 1.807) is 30.1 Å². The number of alkyl halides is 3. The van der Waals surface area contributed by atoms with Gasteiger partial charge in [-0.3, -0.25) is 14.5 Å². The van der Waals surface area contributed by atoms with E-state index in [1.807, 2.05) is 46.8 Å². The quantitative estimate of drug-likeness (QED) is 0.126. The molecular formula is C31H45F3N8O. The molecule has 0 bridgehead atoms. The van der Waals surface area contributed by atoms with Crippen molar-refractivity contribution in [3.63, 3.8) is 0 Å². The van der Waals surface area contributed by atoms with E-state index >= 15 is 0 Å². The van der Waals surface area contributed by atoms with Gasteiger partial charge in [-0.1, -0.05) is 26.5 Å². The number of halogens is 3. The average Bonchev–Trinajstić information content (AvgIpc) is 3.25. The van der Waals surface area contributed by atoms with Crippen LogP contribution in [0, 0.1) is 12.8 Å². The molecule has 0 spiro atoms. The van der Waals surface area contributed by atoms with Crippen LogP contribution in [-0.4, -0.2) is 71.3 Å². The lowest BCUT2D eigenvalue weighted by Crippen LogP contribution is -2.30. The average molecular weight is 603 g/mol. The van der Waals surface area contributed by atoms with E-state index in [0.717, 1.165) is 30.9 Å².